The zero-order chi connectivity index (χ0) is 15.2. The maximum atomic E-state index is 12.5. The first-order chi connectivity index (χ1) is 10.1. The highest BCUT2D eigenvalue weighted by molar-refractivity contribution is 5.95. The lowest BCUT2D eigenvalue weighted by Crippen LogP contribution is -2.39. The van der Waals surface area contributed by atoms with Crippen LogP contribution in [0.4, 0.5) is 5.69 Å². The van der Waals surface area contributed by atoms with Crippen molar-refractivity contribution >= 4 is 11.6 Å². The van der Waals surface area contributed by atoms with E-state index in [1.54, 1.807) is 0 Å². The predicted molar refractivity (Wildman–Crippen MR) is 85.5 cm³/mol. The van der Waals surface area contributed by atoms with Gasteiger partial charge in [-0.1, -0.05) is 13.0 Å². The molecular weight excluding hydrogens is 264 g/mol. The number of carbonyl (C=O) groups excluding carboxylic acids is 1. The second-order valence-electron chi connectivity index (χ2n) is 5.95. The Balaban J connectivity index is 2.01. The molecule has 0 bridgehead atoms. The number of likely N-dealkylation sites (tertiary alicyclic amines) is 1. The van der Waals surface area contributed by atoms with Crippen molar-refractivity contribution < 1.29 is 9.90 Å². The number of carbonyl (C=O) groups is 1. The maximum absolute atomic E-state index is 12.5. The van der Waals surface area contributed by atoms with Crippen molar-refractivity contribution in [1.29, 1.82) is 0 Å². The molecule has 116 valence electrons. The number of amides is 1. The van der Waals surface area contributed by atoms with Gasteiger partial charge in [0, 0.05) is 37.0 Å². The number of nitrogens with zero attached hydrogens (tertiary/aromatic N) is 1. The number of rotatable bonds is 5. The van der Waals surface area contributed by atoms with Gasteiger partial charge >= 0.3 is 0 Å². The van der Waals surface area contributed by atoms with Crippen molar-refractivity contribution in [3.63, 3.8) is 0 Å². The fourth-order valence-corrected chi connectivity index (χ4v) is 2.63. The molecule has 0 spiro atoms. The lowest BCUT2D eigenvalue weighted by Gasteiger charge is -2.31. The molecule has 2 N–H and O–H groups in total. The lowest BCUT2D eigenvalue weighted by atomic mass is 9.97. The van der Waals surface area contributed by atoms with Crippen LogP contribution in [0.15, 0.2) is 24.3 Å². The van der Waals surface area contributed by atoms with Gasteiger partial charge in [-0.15, -0.1) is 0 Å². The van der Waals surface area contributed by atoms with Gasteiger partial charge in [0.1, 0.15) is 0 Å². The average Bonchev–Trinajstić information content (AvgIpc) is 2.54. The van der Waals surface area contributed by atoms with E-state index in [9.17, 15) is 4.79 Å². The molecule has 0 saturated carbocycles. The van der Waals surface area contributed by atoms with Gasteiger partial charge in [0.15, 0.2) is 0 Å². The number of aliphatic hydroxyl groups excluding tert-OH is 1. The third-order valence-electron chi connectivity index (χ3n) is 4.29. The second-order valence-corrected chi connectivity index (χ2v) is 5.95. The van der Waals surface area contributed by atoms with E-state index in [1.165, 1.54) is 0 Å². The minimum absolute atomic E-state index is 0.0965. The van der Waals surface area contributed by atoms with Crippen molar-refractivity contribution in [3.05, 3.63) is 29.8 Å². The molecule has 1 aromatic carbocycles. The van der Waals surface area contributed by atoms with Gasteiger partial charge in [0.2, 0.25) is 0 Å². The number of hydrogen-bond acceptors (Lipinski definition) is 3. The number of piperidine rings is 1. The highest BCUT2D eigenvalue weighted by Crippen LogP contribution is 2.20. The van der Waals surface area contributed by atoms with Crippen LogP contribution in [0.5, 0.6) is 0 Å². The fourth-order valence-electron chi connectivity index (χ4n) is 2.63. The largest absolute Gasteiger partial charge is 0.396 e. The topological polar surface area (TPSA) is 52.6 Å². The van der Waals surface area contributed by atoms with Crippen molar-refractivity contribution in [2.45, 2.75) is 39.2 Å². The van der Waals surface area contributed by atoms with E-state index >= 15 is 0 Å². The third-order valence-corrected chi connectivity index (χ3v) is 4.29. The highest BCUT2D eigenvalue weighted by Gasteiger charge is 2.23. The summed E-state index contributed by atoms with van der Waals surface area (Å²) in [6.45, 7) is 5.99. The maximum Gasteiger partial charge on any atom is 0.253 e. The summed E-state index contributed by atoms with van der Waals surface area (Å²) in [6, 6.07) is 8.14. The van der Waals surface area contributed by atoms with Gasteiger partial charge in [-0.3, -0.25) is 4.79 Å². The van der Waals surface area contributed by atoms with Gasteiger partial charge in [-0.2, -0.15) is 0 Å². The van der Waals surface area contributed by atoms with E-state index in [2.05, 4.69) is 19.2 Å². The molecule has 0 aromatic heterocycles. The molecule has 1 unspecified atom stereocenters. The molecule has 4 heteroatoms. The van der Waals surface area contributed by atoms with Crippen molar-refractivity contribution in [2.24, 2.45) is 5.92 Å². The molecule has 1 heterocycles. The minimum Gasteiger partial charge on any atom is -0.396 e. The van der Waals surface area contributed by atoms with Crippen LogP contribution >= 0.6 is 0 Å². The van der Waals surface area contributed by atoms with E-state index < -0.39 is 0 Å². The quantitative estimate of drug-likeness (QED) is 0.876. The summed E-state index contributed by atoms with van der Waals surface area (Å²) in [6.07, 6.45) is 2.84. The zero-order valence-corrected chi connectivity index (χ0v) is 13.0. The summed E-state index contributed by atoms with van der Waals surface area (Å²) < 4.78 is 0. The number of benzene rings is 1. The van der Waals surface area contributed by atoms with Gasteiger partial charge in [-0.25, -0.2) is 0 Å². The van der Waals surface area contributed by atoms with Crippen LogP contribution in [0.1, 0.15) is 43.5 Å². The summed E-state index contributed by atoms with van der Waals surface area (Å²) in [4.78, 5) is 14.4. The van der Waals surface area contributed by atoms with Crippen LogP contribution in [0.2, 0.25) is 0 Å². The normalized spacial score (nSPS) is 17.6. The number of anilines is 1. The Kier molecular flexibility index (Phi) is 5.62. The van der Waals surface area contributed by atoms with E-state index in [0.29, 0.717) is 12.0 Å². The van der Waals surface area contributed by atoms with Crippen molar-refractivity contribution in [1.82, 2.24) is 4.90 Å². The van der Waals surface area contributed by atoms with Crippen LogP contribution in [0.25, 0.3) is 0 Å². The van der Waals surface area contributed by atoms with Crippen LogP contribution in [0.3, 0.4) is 0 Å². The standard InChI is InChI=1S/C17H26N2O2/c1-3-13(2)18-16-6-4-5-15(11-16)17(21)19-9-7-14(12-20)8-10-19/h4-6,11,13-14,18,20H,3,7-10,12H2,1-2H3. The lowest BCUT2D eigenvalue weighted by molar-refractivity contribution is 0.0651. The smallest absolute Gasteiger partial charge is 0.253 e. The molecule has 2 rings (SSSR count). The van der Waals surface area contributed by atoms with Gasteiger partial charge < -0.3 is 15.3 Å². The molecule has 1 saturated heterocycles. The SMILES string of the molecule is CCC(C)Nc1cccc(C(=O)N2CCC(CO)CC2)c1. The molecule has 0 radical (unpaired) electrons. The molecular formula is C17H26N2O2. The van der Waals surface area contributed by atoms with Crippen LogP contribution in [-0.4, -0.2) is 41.7 Å². The Hall–Kier alpha value is -1.55. The second kappa shape index (κ2) is 7.46. The summed E-state index contributed by atoms with van der Waals surface area (Å²) in [5.41, 5.74) is 1.74. The zero-order valence-electron chi connectivity index (χ0n) is 13.0. The number of nitrogens with one attached hydrogen (secondary N) is 1. The van der Waals surface area contributed by atoms with E-state index in [0.717, 1.165) is 43.6 Å². The van der Waals surface area contributed by atoms with Crippen molar-refractivity contribution in [2.75, 3.05) is 25.0 Å². The summed E-state index contributed by atoms with van der Waals surface area (Å²) >= 11 is 0. The Morgan fingerprint density at radius 1 is 1.43 bits per heavy atom. The predicted octanol–water partition coefficient (Wildman–Crippen LogP) is 2.74. The van der Waals surface area contributed by atoms with Crippen molar-refractivity contribution in [3.8, 4) is 0 Å². The summed E-state index contributed by atoms with van der Waals surface area (Å²) in [5.74, 6) is 0.451. The average molecular weight is 290 g/mol. The van der Waals surface area contributed by atoms with Crippen LogP contribution in [-0.2, 0) is 0 Å². The van der Waals surface area contributed by atoms with E-state index in [-0.39, 0.29) is 12.5 Å². The number of hydrogen-bond donors (Lipinski definition) is 2. The number of aliphatic hydroxyl groups is 1. The first-order valence-electron chi connectivity index (χ1n) is 7.90. The van der Waals surface area contributed by atoms with Gasteiger partial charge in [0.25, 0.3) is 5.91 Å². The molecule has 21 heavy (non-hydrogen) atoms. The Morgan fingerprint density at radius 2 is 2.14 bits per heavy atom. The molecule has 1 aliphatic rings. The Morgan fingerprint density at radius 3 is 2.76 bits per heavy atom. The Labute approximate surface area is 127 Å². The van der Waals surface area contributed by atoms with Gasteiger partial charge in [-0.05, 0) is 50.3 Å². The minimum atomic E-state index is 0.0965. The summed E-state index contributed by atoms with van der Waals surface area (Å²) in [7, 11) is 0. The third kappa shape index (κ3) is 4.21. The molecule has 1 amide bonds. The molecule has 1 aliphatic heterocycles. The Bertz CT molecular complexity index is 468. The molecule has 1 atom stereocenters. The molecule has 1 fully saturated rings. The van der Waals surface area contributed by atoms with E-state index in [4.69, 9.17) is 5.11 Å². The summed E-state index contributed by atoms with van der Waals surface area (Å²) in [5, 5.41) is 12.6. The highest BCUT2D eigenvalue weighted by atomic mass is 16.3. The van der Waals surface area contributed by atoms with Crippen LogP contribution < -0.4 is 5.32 Å². The molecule has 4 nitrogen and oxygen atoms in total. The monoisotopic (exact) mass is 290 g/mol. The van der Waals surface area contributed by atoms with Gasteiger partial charge in [0.05, 0.1) is 0 Å². The molecule has 1 aromatic rings. The molecule has 0 aliphatic carbocycles. The first kappa shape index (κ1) is 15.8. The first-order valence-corrected chi connectivity index (χ1v) is 7.90. The van der Waals surface area contributed by atoms with E-state index in [1.807, 2.05) is 29.2 Å². The fraction of sp³-hybridized carbons (Fsp3) is 0.588. The van der Waals surface area contributed by atoms with Crippen LogP contribution in [0, 0.1) is 5.92 Å².